The van der Waals surface area contributed by atoms with Crippen molar-refractivity contribution in [3.8, 4) is 0 Å². The van der Waals surface area contributed by atoms with E-state index in [1.54, 1.807) is 0 Å². The fourth-order valence-electron chi connectivity index (χ4n) is 2.67. The fourth-order valence-corrected chi connectivity index (χ4v) is 2.96. The lowest BCUT2D eigenvalue weighted by atomic mass is 10.0. The largest absolute Gasteiger partial charge is 0.331 e. The van der Waals surface area contributed by atoms with Gasteiger partial charge >= 0.3 is 0 Å². The van der Waals surface area contributed by atoms with Crippen LogP contribution in [0.4, 0.5) is 0 Å². The van der Waals surface area contributed by atoms with Gasteiger partial charge in [0.05, 0.1) is 11.0 Å². The summed E-state index contributed by atoms with van der Waals surface area (Å²) in [6, 6.07) is 18.8. The zero-order chi connectivity index (χ0) is 13.9. The number of aromatic nitrogens is 2. The van der Waals surface area contributed by atoms with Gasteiger partial charge in [0, 0.05) is 18.7 Å². The van der Waals surface area contributed by atoms with Gasteiger partial charge in [-0.25, -0.2) is 4.98 Å². The molecule has 0 amide bonds. The van der Waals surface area contributed by atoms with Crippen molar-refractivity contribution in [1.29, 1.82) is 0 Å². The maximum absolute atomic E-state index is 4.79. The number of aryl methyl sites for hydroxylation is 1. The van der Waals surface area contributed by atoms with Gasteiger partial charge in [-0.2, -0.15) is 12.6 Å². The van der Waals surface area contributed by atoms with Crippen molar-refractivity contribution in [2.45, 2.75) is 12.3 Å². The predicted molar refractivity (Wildman–Crippen MR) is 87.5 cm³/mol. The molecule has 0 bridgehead atoms. The Morgan fingerprint density at radius 2 is 1.75 bits per heavy atom. The monoisotopic (exact) mass is 282 g/mol. The van der Waals surface area contributed by atoms with Crippen molar-refractivity contribution in [3.63, 3.8) is 0 Å². The van der Waals surface area contributed by atoms with Crippen LogP contribution in [0, 0.1) is 0 Å². The van der Waals surface area contributed by atoms with Crippen LogP contribution in [0.15, 0.2) is 54.6 Å². The molecule has 0 spiro atoms. The molecule has 0 saturated heterocycles. The maximum Gasteiger partial charge on any atom is 0.113 e. The van der Waals surface area contributed by atoms with Crippen molar-refractivity contribution in [2.24, 2.45) is 7.05 Å². The number of hydrogen-bond donors (Lipinski definition) is 1. The molecule has 2 nitrogen and oxygen atoms in total. The molecule has 0 aliphatic heterocycles. The van der Waals surface area contributed by atoms with Crippen LogP contribution >= 0.6 is 12.6 Å². The summed E-state index contributed by atoms with van der Waals surface area (Å²) in [6.45, 7) is 0. The quantitative estimate of drug-likeness (QED) is 0.720. The molecule has 1 aromatic heterocycles. The van der Waals surface area contributed by atoms with E-state index < -0.39 is 0 Å². The molecule has 0 fully saturated rings. The number of hydrogen-bond acceptors (Lipinski definition) is 2. The highest BCUT2D eigenvalue weighted by molar-refractivity contribution is 7.80. The van der Waals surface area contributed by atoms with Crippen LogP contribution in [0.25, 0.3) is 11.0 Å². The molecule has 3 rings (SSSR count). The van der Waals surface area contributed by atoms with Gasteiger partial charge < -0.3 is 4.57 Å². The zero-order valence-electron chi connectivity index (χ0n) is 11.5. The second-order valence-corrected chi connectivity index (χ2v) is 5.45. The first-order valence-electron chi connectivity index (χ1n) is 6.85. The average Bonchev–Trinajstić information content (AvgIpc) is 2.83. The van der Waals surface area contributed by atoms with Gasteiger partial charge in [0.15, 0.2) is 0 Å². The van der Waals surface area contributed by atoms with Crippen molar-refractivity contribution < 1.29 is 0 Å². The molecule has 0 saturated carbocycles. The van der Waals surface area contributed by atoms with Crippen molar-refractivity contribution in [1.82, 2.24) is 9.55 Å². The second kappa shape index (κ2) is 5.71. The molecule has 3 heteroatoms. The highest BCUT2D eigenvalue weighted by atomic mass is 32.1. The molecule has 2 aromatic carbocycles. The number of rotatable bonds is 4. The van der Waals surface area contributed by atoms with Crippen LogP contribution in [0.1, 0.15) is 17.3 Å². The molecule has 1 atom stereocenters. The number of thiol groups is 1. The van der Waals surface area contributed by atoms with Crippen molar-refractivity contribution >= 4 is 23.7 Å². The number of para-hydroxylation sites is 2. The summed E-state index contributed by atoms with van der Waals surface area (Å²) in [5.41, 5.74) is 3.57. The van der Waals surface area contributed by atoms with Gasteiger partial charge in [0.1, 0.15) is 5.82 Å². The number of fused-ring (bicyclic) bond motifs is 1. The van der Waals surface area contributed by atoms with E-state index in [0.717, 1.165) is 23.5 Å². The van der Waals surface area contributed by atoms with E-state index in [1.807, 2.05) is 12.1 Å². The minimum Gasteiger partial charge on any atom is -0.331 e. The van der Waals surface area contributed by atoms with E-state index >= 15 is 0 Å². The average molecular weight is 282 g/mol. The van der Waals surface area contributed by atoms with E-state index in [2.05, 4.69) is 66.7 Å². The highest BCUT2D eigenvalue weighted by Gasteiger charge is 2.17. The third-order valence-electron chi connectivity index (χ3n) is 3.73. The molecule has 1 heterocycles. The Morgan fingerprint density at radius 1 is 1.05 bits per heavy atom. The van der Waals surface area contributed by atoms with E-state index in [9.17, 15) is 0 Å². The Morgan fingerprint density at radius 3 is 2.45 bits per heavy atom. The third-order valence-corrected chi connectivity index (χ3v) is 4.17. The Kier molecular flexibility index (Phi) is 3.79. The van der Waals surface area contributed by atoms with Crippen molar-refractivity contribution in [2.75, 3.05) is 5.75 Å². The van der Waals surface area contributed by atoms with Crippen LogP contribution in [0.2, 0.25) is 0 Å². The molecule has 0 unspecified atom stereocenters. The van der Waals surface area contributed by atoms with Crippen molar-refractivity contribution in [3.05, 3.63) is 66.0 Å². The van der Waals surface area contributed by atoms with Gasteiger partial charge in [-0.15, -0.1) is 0 Å². The molecule has 102 valence electrons. The van der Waals surface area contributed by atoms with Crippen LogP contribution in [0.5, 0.6) is 0 Å². The minimum absolute atomic E-state index is 0.332. The van der Waals surface area contributed by atoms with Gasteiger partial charge in [-0.05, 0) is 24.1 Å². The summed E-state index contributed by atoms with van der Waals surface area (Å²) >= 11 is 4.53. The van der Waals surface area contributed by atoms with Crippen LogP contribution in [-0.2, 0) is 13.5 Å². The molecular formula is C17H18N2S. The lowest BCUT2D eigenvalue weighted by Gasteiger charge is -2.14. The summed E-state index contributed by atoms with van der Waals surface area (Å²) in [5.74, 6) is 2.25. The molecule has 0 radical (unpaired) electrons. The number of nitrogens with zero attached hydrogens (tertiary/aromatic N) is 2. The number of imidazole rings is 1. The van der Waals surface area contributed by atoms with Crippen LogP contribution in [0.3, 0.4) is 0 Å². The molecule has 3 aromatic rings. The summed E-state index contributed by atoms with van der Waals surface area (Å²) in [7, 11) is 2.09. The Bertz CT molecular complexity index is 703. The van der Waals surface area contributed by atoms with E-state index in [4.69, 9.17) is 4.98 Å². The lowest BCUT2D eigenvalue weighted by Crippen LogP contribution is -2.11. The normalized spacial score (nSPS) is 12.7. The fraction of sp³-hybridized carbons (Fsp3) is 0.235. The van der Waals surface area contributed by atoms with Gasteiger partial charge in [-0.1, -0.05) is 42.5 Å². The van der Waals surface area contributed by atoms with Gasteiger partial charge in [0.25, 0.3) is 0 Å². The number of benzene rings is 2. The second-order valence-electron chi connectivity index (χ2n) is 5.09. The van der Waals surface area contributed by atoms with Gasteiger partial charge in [0.2, 0.25) is 0 Å². The lowest BCUT2D eigenvalue weighted by molar-refractivity contribution is 0.674. The van der Waals surface area contributed by atoms with Crippen LogP contribution in [-0.4, -0.2) is 15.3 Å². The topological polar surface area (TPSA) is 17.8 Å². The standard InChI is InChI=1S/C17H18N2S/c1-19-16-10-6-5-9-15(16)18-17(19)14(12-20)11-13-7-3-2-4-8-13/h2-10,14,20H,11-12H2,1H3/t14-/m1/s1. The Balaban J connectivity index is 1.97. The molecule has 0 N–H and O–H groups in total. The van der Waals surface area contributed by atoms with Gasteiger partial charge in [-0.3, -0.25) is 0 Å². The first-order valence-corrected chi connectivity index (χ1v) is 7.49. The first-order chi connectivity index (χ1) is 9.79. The minimum atomic E-state index is 0.332. The molecule has 0 aliphatic rings. The Labute approximate surface area is 124 Å². The zero-order valence-corrected chi connectivity index (χ0v) is 12.4. The van der Waals surface area contributed by atoms with E-state index in [-0.39, 0.29) is 0 Å². The predicted octanol–water partition coefficient (Wildman–Crippen LogP) is 3.83. The Hall–Kier alpha value is -1.74. The van der Waals surface area contributed by atoms with E-state index in [0.29, 0.717) is 5.92 Å². The van der Waals surface area contributed by atoms with E-state index in [1.165, 1.54) is 11.1 Å². The summed E-state index contributed by atoms with van der Waals surface area (Å²) in [6.07, 6.45) is 0.974. The molecule has 0 aliphatic carbocycles. The first kappa shape index (κ1) is 13.3. The summed E-state index contributed by atoms with van der Waals surface area (Å²) in [5, 5.41) is 0. The maximum atomic E-state index is 4.79. The molecular weight excluding hydrogens is 264 g/mol. The summed E-state index contributed by atoms with van der Waals surface area (Å²) in [4.78, 5) is 4.79. The highest BCUT2D eigenvalue weighted by Crippen LogP contribution is 2.25. The smallest absolute Gasteiger partial charge is 0.113 e. The molecule has 20 heavy (non-hydrogen) atoms. The third kappa shape index (κ3) is 2.46. The SMILES string of the molecule is Cn1c([C@@H](CS)Cc2ccccc2)nc2ccccc21. The van der Waals surface area contributed by atoms with Crippen LogP contribution < -0.4 is 0 Å². The summed E-state index contributed by atoms with van der Waals surface area (Å²) < 4.78 is 2.19.